The number of amides is 1. The van der Waals surface area contributed by atoms with Crippen LogP contribution in [0.4, 0.5) is 10.5 Å². The Morgan fingerprint density at radius 1 is 1.41 bits per heavy atom. The summed E-state index contributed by atoms with van der Waals surface area (Å²) in [6.07, 6.45) is 0.457. The Morgan fingerprint density at radius 2 is 2.27 bits per heavy atom. The van der Waals surface area contributed by atoms with Crippen LogP contribution in [0.25, 0.3) is 10.9 Å². The lowest BCUT2D eigenvalue weighted by Gasteiger charge is -2.44. The Labute approximate surface area is 124 Å². The maximum Gasteiger partial charge on any atom is 0.407 e. The minimum Gasteiger partial charge on any atom is -0.489 e. The fourth-order valence-corrected chi connectivity index (χ4v) is 3.10. The molecule has 0 bridgehead atoms. The number of benzene rings is 1. The van der Waals surface area contributed by atoms with Crippen molar-refractivity contribution in [3.8, 4) is 5.75 Å². The van der Waals surface area contributed by atoms with E-state index in [1.54, 1.807) is 12.1 Å². The molecule has 0 saturated carbocycles. The summed E-state index contributed by atoms with van der Waals surface area (Å²) in [5.74, 6) is 0.686. The van der Waals surface area contributed by atoms with Gasteiger partial charge in [-0.2, -0.15) is 0 Å². The predicted octanol–water partition coefficient (Wildman–Crippen LogP) is 0.484. The Balaban J connectivity index is 1.77. The Bertz CT molecular complexity index is 818. The molecule has 8 heteroatoms. The molecular formula is C14H14N4O4. The Morgan fingerprint density at radius 3 is 3.09 bits per heavy atom. The molecule has 2 aromatic rings. The van der Waals surface area contributed by atoms with Crippen LogP contribution in [0, 0.1) is 0 Å². The zero-order valence-electron chi connectivity index (χ0n) is 11.7. The molecule has 0 unspecified atom stereocenters. The van der Waals surface area contributed by atoms with Gasteiger partial charge in [0.15, 0.2) is 0 Å². The van der Waals surface area contributed by atoms with E-state index in [4.69, 9.17) is 9.84 Å². The number of ether oxygens (including phenoxy) is 1. The number of anilines is 1. The number of rotatable bonds is 0. The third-order valence-electron chi connectivity index (χ3n) is 4.22. The number of nitrogens with one attached hydrogen (secondary N) is 1. The first-order chi connectivity index (χ1) is 10.6. The van der Waals surface area contributed by atoms with Crippen molar-refractivity contribution >= 4 is 22.7 Å². The summed E-state index contributed by atoms with van der Waals surface area (Å²) in [4.78, 5) is 33.3. The number of aromatic amines is 1. The molecule has 1 saturated heterocycles. The van der Waals surface area contributed by atoms with Crippen molar-refractivity contribution in [1.82, 2.24) is 14.9 Å². The lowest BCUT2D eigenvalue weighted by molar-refractivity contribution is 0.123. The molecule has 4 rings (SSSR count). The summed E-state index contributed by atoms with van der Waals surface area (Å²) >= 11 is 0. The maximum atomic E-state index is 11.9. The molecule has 0 aliphatic carbocycles. The number of fused-ring (bicyclic) bond motifs is 4. The number of aromatic nitrogens is 2. The van der Waals surface area contributed by atoms with E-state index in [1.807, 2.05) is 0 Å². The molecule has 2 N–H and O–H groups in total. The van der Waals surface area contributed by atoms with Gasteiger partial charge in [0.25, 0.3) is 5.56 Å². The van der Waals surface area contributed by atoms with Gasteiger partial charge in [0.2, 0.25) is 0 Å². The fraction of sp³-hybridized carbons (Fsp3) is 0.357. The molecule has 8 nitrogen and oxygen atoms in total. The van der Waals surface area contributed by atoms with Crippen molar-refractivity contribution in [3.05, 3.63) is 28.8 Å². The SMILES string of the molecule is O=C(O)N1CCN2c3cc4c(=O)[nH]cnc4cc3OC[C@H]2C1. The Kier molecular flexibility index (Phi) is 2.72. The second kappa shape index (κ2) is 4.62. The van der Waals surface area contributed by atoms with Crippen molar-refractivity contribution in [2.75, 3.05) is 31.1 Å². The molecule has 3 heterocycles. The minimum atomic E-state index is -0.912. The number of piperazine rings is 1. The van der Waals surface area contributed by atoms with Gasteiger partial charge in [0.05, 0.1) is 29.0 Å². The van der Waals surface area contributed by atoms with Gasteiger partial charge >= 0.3 is 6.09 Å². The van der Waals surface area contributed by atoms with Crippen LogP contribution in [0.5, 0.6) is 5.75 Å². The van der Waals surface area contributed by atoms with Crippen molar-refractivity contribution in [3.63, 3.8) is 0 Å². The standard InChI is InChI=1S/C14H14N4O4/c19-13-9-3-11-12(4-10(9)15-7-16-13)22-6-8-5-17(14(20)21)1-2-18(8)11/h3-4,7-8H,1-2,5-6H2,(H,20,21)(H,15,16,19)/t8-/m1/s1. The van der Waals surface area contributed by atoms with Crippen LogP contribution in [0.2, 0.25) is 0 Å². The van der Waals surface area contributed by atoms with Crippen LogP contribution >= 0.6 is 0 Å². The molecule has 22 heavy (non-hydrogen) atoms. The van der Waals surface area contributed by atoms with Crippen molar-refractivity contribution in [2.24, 2.45) is 0 Å². The summed E-state index contributed by atoms with van der Waals surface area (Å²) in [6, 6.07) is 3.50. The van der Waals surface area contributed by atoms with Crippen molar-refractivity contribution in [2.45, 2.75) is 6.04 Å². The van der Waals surface area contributed by atoms with Crippen LogP contribution in [0.3, 0.4) is 0 Å². The molecule has 1 aromatic carbocycles. The van der Waals surface area contributed by atoms with E-state index >= 15 is 0 Å². The second-order valence-corrected chi connectivity index (χ2v) is 5.46. The van der Waals surface area contributed by atoms with Gasteiger partial charge in [0.1, 0.15) is 12.4 Å². The highest BCUT2D eigenvalue weighted by Crippen LogP contribution is 2.37. The number of carbonyl (C=O) groups is 1. The highest BCUT2D eigenvalue weighted by Gasteiger charge is 2.34. The number of nitrogens with zero attached hydrogens (tertiary/aromatic N) is 3. The first kappa shape index (κ1) is 12.9. The molecule has 1 atom stereocenters. The number of hydrogen-bond acceptors (Lipinski definition) is 5. The van der Waals surface area contributed by atoms with Gasteiger partial charge in [-0.05, 0) is 6.07 Å². The first-order valence-corrected chi connectivity index (χ1v) is 7.02. The van der Waals surface area contributed by atoms with Crippen LogP contribution in [-0.2, 0) is 0 Å². The third-order valence-corrected chi connectivity index (χ3v) is 4.22. The lowest BCUT2D eigenvalue weighted by Crippen LogP contribution is -2.58. The summed E-state index contributed by atoms with van der Waals surface area (Å²) in [5, 5.41) is 9.62. The number of carboxylic acid groups (broad SMARTS) is 1. The topological polar surface area (TPSA) is 98.8 Å². The van der Waals surface area contributed by atoms with Gasteiger partial charge in [-0.3, -0.25) is 4.79 Å². The molecule has 114 valence electrons. The molecule has 1 amide bonds. The van der Waals surface area contributed by atoms with Gasteiger partial charge in [-0.25, -0.2) is 9.78 Å². The molecule has 0 spiro atoms. The highest BCUT2D eigenvalue weighted by molar-refractivity contribution is 5.86. The van der Waals surface area contributed by atoms with E-state index in [0.29, 0.717) is 42.9 Å². The van der Waals surface area contributed by atoms with Crippen LogP contribution < -0.4 is 15.2 Å². The second-order valence-electron chi connectivity index (χ2n) is 5.46. The molecule has 2 aliphatic heterocycles. The zero-order chi connectivity index (χ0) is 15.3. The van der Waals surface area contributed by atoms with Gasteiger partial charge in [0, 0.05) is 25.7 Å². The molecule has 2 aliphatic rings. The average molecular weight is 302 g/mol. The lowest BCUT2D eigenvalue weighted by atomic mass is 10.1. The van der Waals surface area contributed by atoms with E-state index in [1.165, 1.54) is 11.2 Å². The highest BCUT2D eigenvalue weighted by atomic mass is 16.5. The van der Waals surface area contributed by atoms with Gasteiger partial charge in [-0.1, -0.05) is 0 Å². The van der Waals surface area contributed by atoms with Gasteiger partial charge in [-0.15, -0.1) is 0 Å². The molecular weight excluding hydrogens is 288 g/mol. The number of H-pyrrole nitrogens is 1. The monoisotopic (exact) mass is 302 g/mol. The van der Waals surface area contributed by atoms with E-state index < -0.39 is 6.09 Å². The first-order valence-electron chi connectivity index (χ1n) is 7.02. The molecule has 0 radical (unpaired) electrons. The summed E-state index contributed by atoms with van der Waals surface area (Å²) in [6.45, 7) is 1.84. The van der Waals surface area contributed by atoms with Crippen molar-refractivity contribution in [1.29, 1.82) is 0 Å². The summed E-state index contributed by atoms with van der Waals surface area (Å²) < 4.78 is 5.76. The van der Waals surface area contributed by atoms with Crippen molar-refractivity contribution < 1.29 is 14.6 Å². The van der Waals surface area contributed by atoms with Crippen LogP contribution in [0.1, 0.15) is 0 Å². The zero-order valence-corrected chi connectivity index (χ0v) is 11.7. The largest absolute Gasteiger partial charge is 0.489 e. The predicted molar refractivity (Wildman–Crippen MR) is 78.6 cm³/mol. The summed E-state index contributed by atoms with van der Waals surface area (Å²) in [7, 11) is 0. The molecule has 1 fully saturated rings. The van der Waals surface area contributed by atoms with Crippen LogP contribution in [-0.4, -0.2) is 58.4 Å². The minimum absolute atomic E-state index is 0.0365. The summed E-state index contributed by atoms with van der Waals surface area (Å²) in [5.41, 5.74) is 1.22. The average Bonchev–Trinajstić information content (AvgIpc) is 2.53. The third kappa shape index (κ3) is 1.87. The van der Waals surface area contributed by atoms with E-state index in [2.05, 4.69) is 14.9 Å². The van der Waals surface area contributed by atoms with E-state index in [0.717, 1.165) is 5.69 Å². The normalized spacial score (nSPS) is 20.3. The smallest absolute Gasteiger partial charge is 0.407 e. The van der Waals surface area contributed by atoms with Gasteiger partial charge < -0.3 is 24.6 Å². The fourth-order valence-electron chi connectivity index (χ4n) is 3.10. The Hall–Kier alpha value is -2.77. The maximum absolute atomic E-state index is 11.9. The number of hydrogen-bond donors (Lipinski definition) is 2. The molecule has 1 aromatic heterocycles. The van der Waals surface area contributed by atoms with E-state index in [-0.39, 0.29) is 11.6 Å². The van der Waals surface area contributed by atoms with E-state index in [9.17, 15) is 9.59 Å². The van der Waals surface area contributed by atoms with Crippen LogP contribution in [0.15, 0.2) is 23.3 Å². The quantitative estimate of drug-likeness (QED) is 0.734.